The topological polar surface area (TPSA) is 123 Å². The lowest BCUT2D eigenvalue weighted by atomic mass is 9.80. The number of carbonyl (C=O) groups is 1. The molecule has 10 nitrogen and oxygen atoms in total. The van der Waals surface area contributed by atoms with Crippen molar-refractivity contribution in [3.63, 3.8) is 0 Å². The molecule has 1 aliphatic carbocycles. The van der Waals surface area contributed by atoms with Crippen molar-refractivity contribution < 1.29 is 17.7 Å². The summed E-state index contributed by atoms with van der Waals surface area (Å²) in [4.78, 5) is 19.1. The summed E-state index contributed by atoms with van der Waals surface area (Å²) in [5.74, 6) is 0.922. The Hall–Kier alpha value is -2.27. The Bertz CT molecular complexity index is 999. The quantitative estimate of drug-likeness (QED) is 0.751. The molecule has 3 heterocycles. The van der Waals surface area contributed by atoms with E-state index in [2.05, 4.69) is 20.0 Å². The van der Waals surface area contributed by atoms with Gasteiger partial charge in [0.1, 0.15) is 5.69 Å². The molecule has 152 valence electrons. The third-order valence-corrected chi connectivity index (χ3v) is 7.23. The second-order valence-electron chi connectivity index (χ2n) is 7.72. The monoisotopic (exact) mass is 408 g/mol. The second kappa shape index (κ2) is 6.66. The zero-order valence-corrected chi connectivity index (χ0v) is 16.9. The van der Waals surface area contributed by atoms with Crippen LogP contribution >= 0.6 is 0 Å². The second-order valence-corrected chi connectivity index (χ2v) is 9.76. The van der Waals surface area contributed by atoms with Crippen molar-refractivity contribution in [3.8, 4) is 0 Å². The molecule has 0 spiro atoms. The molecule has 1 saturated carbocycles. The molecule has 2 aromatic rings. The summed E-state index contributed by atoms with van der Waals surface area (Å²) in [6, 6.07) is 1.48. The highest BCUT2D eigenvalue weighted by Crippen LogP contribution is 2.50. The van der Waals surface area contributed by atoms with Crippen molar-refractivity contribution in [1.82, 2.24) is 29.5 Å². The fourth-order valence-corrected chi connectivity index (χ4v) is 5.33. The van der Waals surface area contributed by atoms with Crippen molar-refractivity contribution in [1.29, 1.82) is 0 Å². The van der Waals surface area contributed by atoms with E-state index >= 15 is 0 Å². The van der Waals surface area contributed by atoms with Crippen molar-refractivity contribution in [2.75, 3.05) is 18.8 Å². The van der Waals surface area contributed by atoms with Gasteiger partial charge < -0.3 is 9.42 Å². The zero-order valence-electron chi connectivity index (χ0n) is 16.1. The summed E-state index contributed by atoms with van der Waals surface area (Å²) >= 11 is 0. The lowest BCUT2D eigenvalue weighted by Gasteiger charge is -2.25. The lowest BCUT2D eigenvalue weighted by molar-refractivity contribution is 0.0766. The molecule has 3 atom stereocenters. The maximum absolute atomic E-state index is 12.9. The van der Waals surface area contributed by atoms with Crippen LogP contribution in [0.4, 0.5) is 0 Å². The van der Waals surface area contributed by atoms with Crippen LogP contribution in [0.25, 0.3) is 0 Å². The maximum Gasteiger partial charge on any atom is 0.274 e. The number of rotatable bonds is 5. The number of hydrogen-bond acceptors (Lipinski definition) is 7. The first-order valence-corrected chi connectivity index (χ1v) is 11.0. The fourth-order valence-electron chi connectivity index (χ4n) is 4.47. The molecule has 1 N–H and O–H groups in total. The van der Waals surface area contributed by atoms with E-state index in [0.29, 0.717) is 43.3 Å². The first-order valence-electron chi connectivity index (χ1n) is 9.32. The number of sulfonamides is 1. The summed E-state index contributed by atoms with van der Waals surface area (Å²) in [6.07, 6.45) is 2.87. The van der Waals surface area contributed by atoms with Crippen molar-refractivity contribution in [3.05, 3.63) is 29.7 Å². The molecule has 28 heavy (non-hydrogen) atoms. The number of likely N-dealkylation sites (tertiary alicyclic amines) is 1. The van der Waals surface area contributed by atoms with Gasteiger partial charge in [0.15, 0.2) is 5.82 Å². The van der Waals surface area contributed by atoms with Gasteiger partial charge in [-0.05, 0) is 38.7 Å². The van der Waals surface area contributed by atoms with Gasteiger partial charge in [-0.2, -0.15) is 10.1 Å². The van der Waals surface area contributed by atoms with E-state index < -0.39 is 15.4 Å². The number of nitrogens with one attached hydrogen (secondary N) is 1. The Balaban J connectivity index is 1.62. The average molecular weight is 408 g/mol. The summed E-state index contributed by atoms with van der Waals surface area (Å²) < 4.78 is 34.0. The predicted octanol–water partition coefficient (Wildman–Crippen LogP) is 0.223. The van der Waals surface area contributed by atoms with E-state index in [1.54, 1.807) is 42.7 Å². The molecule has 0 bridgehead atoms. The molecule has 2 aromatic heterocycles. The van der Waals surface area contributed by atoms with Crippen LogP contribution < -0.4 is 4.72 Å². The number of nitrogens with zero attached hydrogens (tertiary/aromatic N) is 5. The third kappa shape index (κ3) is 3.22. The highest BCUT2D eigenvalue weighted by molar-refractivity contribution is 7.89. The van der Waals surface area contributed by atoms with Crippen molar-refractivity contribution in [2.45, 2.75) is 38.1 Å². The van der Waals surface area contributed by atoms with E-state index in [-0.39, 0.29) is 23.6 Å². The Kier molecular flexibility index (Phi) is 4.53. The third-order valence-electron chi connectivity index (χ3n) is 5.77. The maximum atomic E-state index is 12.9. The summed E-state index contributed by atoms with van der Waals surface area (Å²) in [6.45, 7) is 4.26. The van der Waals surface area contributed by atoms with Gasteiger partial charge in [-0.3, -0.25) is 9.48 Å². The van der Waals surface area contributed by atoms with Crippen LogP contribution in [0.15, 0.2) is 16.8 Å². The van der Waals surface area contributed by atoms with Gasteiger partial charge in [0.2, 0.25) is 15.9 Å². The number of fused-ring (bicyclic) bond motifs is 1. The molecule has 0 aromatic carbocycles. The number of hydrogen-bond donors (Lipinski definition) is 1. The van der Waals surface area contributed by atoms with Crippen LogP contribution in [0.1, 0.15) is 42.0 Å². The summed E-state index contributed by atoms with van der Waals surface area (Å²) in [5, 5.41) is 8.13. The van der Waals surface area contributed by atoms with Gasteiger partial charge in [0.05, 0.1) is 11.2 Å². The Morgan fingerprint density at radius 2 is 2.25 bits per heavy atom. The van der Waals surface area contributed by atoms with Gasteiger partial charge in [-0.1, -0.05) is 5.16 Å². The van der Waals surface area contributed by atoms with E-state index in [9.17, 15) is 13.2 Å². The van der Waals surface area contributed by atoms with E-state index in [1.807, 2.05) is 0 Å². The number of amides is 1. The van der Waals surface area contributed by atoms with Crippen molar-refractivity contribution in [2.24, 2.45) is 13.0 Å². The summed E-state index contributed by atoms with van der Waals surface area (Å²) in [7, 11) is -1.55. The normalized spacial score (nSPS) is 27.3. The average Bonchev–Trinajstić information content (AvgIpc) is 3.37. The Morgan fingerprint density at radius 3 is 2.86 bits per heavy atom. The molecule has 1 amide bonds. The van der Waals surface area contributed by atoms with Crippen molar-refractivity contribution >= 4 is 15.9 Å². The van der Waals surface area contributed by atoms with E-state index in [4.69, 9.17) is 4.52 Å². The molecule has 1 aliphatic heterocycles. The summed E-state index contributed by atoms with van der Waals surface area (Å²) in [5.41, 5.74) is -0.158. The highest BCUT2D eigenvalue weighted by atomic mass is 32.2. The molecule has 2 aliphatic rings. The van der Waals surface area contributed by atoms with Crippen LogP contribution in [-0.4, -0.2) is 64.0 Å². The van der Waals surface area contributed by atoms with Gasteiger partial charge in [0, 0.05) is 32.4 Å². The molecule has 4 rings (SSSR count). The number of aromatic nitrogens is 4. The minimum Gasteiger partial charge on any atom is -0.339 e. The first-order chi connectivity index (χ1) is 13.2. The van der Waals surface area contributed by atoms with E-state index in [0.717, 1.165) is 0 Å². The molecular weight excluding hydrogens is 384 g/mol. The Labute approximate surface area is 163 Å². The molecule has 0 radical (unpaired) electrons. The minimum absolute atomic E-state index is 0.0320. The predicted molar refractivity (Wildman–Crippen MR) is 98.9 cm³/mol. The first kappa shape index (κ1) is 19.1. The standard InChI is InChI=1S/C17H24N6O4S/c1-4-28(25,26)21-13-7-12-9-23(15(24)14-5-6-22(3)19-14)10-17(12,8-13)16-18-11(2)20-27-16/h5-6,12-13,21H,4,7-10H2,1-3H3/t12-,13+,17-/m0/s1. The molecule has 0 unspecified atom stereocenters. The van der Waals surface area contributed by atoms with E-state index in [1.165, 1.54) is 0 Å². The van der Waals surface area contributed by atoms with Gasteiger partial charge in [-0.15, -0.1) is 0 Å². The van der Waals surface area contributed by atoms with Gasteiger partial charge >= 0.3 is 0 Å². The number of carbonyl (C=O) groups excluding carboxylic acids is 1. The SMILES string of the molecule is CCS(=O)(=O)N[C@@H]1C[C@H]2CN(C(=O)c3ccn(C)n3)C[C@@]2(c2nc(C)no2)C1. The van der Waals surface area contributed by atoms with Crippen LogP contribution in [0, 0.1) is 12.8 Å². The minimum atomic E-state index is -3.32. The molecular formula is C17H24N6O4S. The smallest absolute Gasteiger partial charge is 0.274 e. The van der Waals surface area contributed by atoms with Crippen LogP contribution in [-0.2, 0) is 22.5 Å². The highest BCUT2D eigenvalue weighted by Gasteiger charge is 2.58. The molecule has 2 fully saturated rings. The number of aryl methyl sites for hydroxylation is 2. The zero-order chi connectivity index (χ0) is 20.1. The van der Waals surface area contributed by atoms with Gasteiger partial charge in [-0.25, -0.2) is 13.1 Å². The lowest BCUT2D eigenvalue weighted by Crippen LogP contribution is -2.40. The molecule has 11 heteroatoms. The largest absolute Gasteiger partial charge is 0.339 e. The fraction of sp³-hybridized carbons (Fsp3) is 0.647. The molecule has 1 saturated heterocycles. The van der Waals surface area contributed by atoms with Gasteiger partial charge in [0.25, 0.3) is 5.91 Å². The van der Waals surface area contributed by atoms with Crippen LogP contribution in [0.5, 0.6) is 0 Å². The van der Waals surface area contributed by atoms with Crippen LogP contribution in [0.2, 0.25) is 0 Å². The van der Waals surface area contributed by atoms with Crippen LogP contribution in [0.3, 0.4) is 0 Å². The Morgan fingerprint density at radius 1 is 1.46 bits per heavy atom.